The summed E-state index contributed by atoms with van der Waals surface area (Å²) in [6.07, 6.45) is 6.32. The van der Waals surface area contributed by atoms with Crippen molar-refractivity contribution in [3.63, 3.8) is 0 Å². The van der Waals surface area contributed by atoms with E-state index < -0.39 is 0 Å². The lowest BCUT2D eigenvalue weighted by molar-refractivity contribution is -0.112. The van der Waals surface area contributed by atoms with Crippen molar-refractivity contribution in [1.82, 2.24) is 0 Å². The Morgan fingerprint density at radius 1 is 1.33 bits per heavy atom. The quantitative estimate of drug-likeness (QED) is 0.357. The van der Waals surface area contributed by atoms with Crippen LogP contribution in [0.15, 0.2) is 23.8 Å². The molecule has 0 atom stereocenters. The Hall–Kier alpha value is -0.890. The standard InChI is InChI=1S/C10H16O2/c1-9(5-4-8-12-3)6-7-10(2)11/h5-7H,4,8H2,1-3H3/b7-6+,9-5+. The van der Waals surface area contributed by atoms with E-state index in [0.29, 0.717) is 0 Å². The van der Waals surface area contributed by atoms with Crippen molar-refractivity contribution < 1.29 is 9.53 Å². The highest BCUT2D eigenvalue weighted by molar-refractivity contribution is 5.87. The van der Waals surface area contributed by atoms with E-state index in [1.807, 2.05) is 19.1 Å². The fraction of sp³-hybridized carbons (Fsp3) is 0.500. The Morgan fingerprint density at radius 2 is 2.00 bits per heavy atom. The van der Waals surface area contributed by atoms with Gasteiger partial charge in [-0.3, -0.25) is 4.79 Å². The Balaban J connectivity index is 3.77. The summed E-state index contributed by atoms with van der Waals surface area (Å²) < 4.78 is 4.88. The van der Waals surface area contributed by atoms with Gasteiger partial charge in [0.05, 0.1) is 0 Å². The van der Waals surface area contributed by atoms with Crippen molar-refractivity contribution in [3.8, 4) is 0 Å². The summed E-state index contributed by atoms with van der Waals surface area (Å²) >= 11 is 0. The fourth-order valence-electron chi connectivity index (χ4n) is 0.721. The van der Waals surface area contributed by atoms with Gasteiger partial charge in [-0.2, -0.15) is 0 Å². The molecular weight excluding hydrogens is 152 g/mol. The number of ether oxygens (including phenoxy) is 1. The van der Waals surface area contributed by atoms with Crippen molar-refractivity contribution >= 4 is 5.78 Å². The van der Waals surface area contributed by atoms with Gasteiger partial charge in [-0.1, -0.05) is 17.7 Å². The normalized spacial score (nSPS) is 12.4. The van der Waals surface area contributed by atoms with Crippen molar-refractivity contribution in [1.29, 1.82) is 0 Å². The minimum Gasteiger partial charge on any atom is -0.384 e. The molecule has 68 valence electrons. The number of ketones is 1. The molecule has 0 unspecified atom stereocenters. The second-order valence-electron chi connectivity index (χ2n) is 2.67. The van der Waals surface area contributed by atoms with Crippen LogP contribution in [0.25, 0.3) is 0 Å². The van der Waals surface area contributed by atoms with Gasteiger partial charge in [-0.05, 0) is 26.3 Å². The molecule has 0 spiro atoms. The molecule has 2 heteroatoms. The zero-order chi connectivity index (χ0) is 9.40. The first-order valence-electron chi connectivity index (χ1n) is 4.01. The second kappa shape index (κ2) is 6.80. The number of carbonyl (C=O) groups is 1. The van der Waals surface area contributed by atoms with Crippen molar-refractivity contribution in [2.24, 2.45) is 0 Å². The Labute approximate surface area is 73.9 Å². The number of methoxy groups -OCH3 is 1. The lowest BCUT2D eigenvalue weighted by Crippen LogP contribution is -1.85. The molecule has 0 aromatic carbocycles. The van der Waals surface area contributed by atoms with E-state index in [2.05, 4.69) is 0 Å². The van der Waals surface area contributed by atoms with Gasteiger partial charge in [0.1, 0.15) is 0 Å². The maximum absolute atomic E-state index is 10.5. The van der Waals surface area contributed by atoms with Gasteiger partial charge < -0.3 is 4.74 Å². The van der Waals surface area contributed by atoms with Crippen LogP contribution < -0.4 is 0 Å². The predicted octanol–water partition coefficient (Wildman–Crippen LogP) is 2.11. The summed E-state index contributed by atoms with van der Waals surface area (Å²) in [6, 6.07) is 0. The van der Waals surface area contributed by atoms with E-state index in [0.717, 1.165) is 18.6 Å². The summed E-state index contributed by atoms with van der Waals surface area (Å²) in [5.74, 6) is 0.0782. The molecule has 0 aromatic rings. The first-order valence-corrected chi connectivity index (χ1v) is 4.01. The van der Waals surface area contributed by atoms with Gasteiger partial charge in [0.25, 0.3) is 0 Å². The average molecular weight is 168 g/mol. The number of carbonyl (C=O) groups excluding carboxylic acids is 1. The van der Waals surface area contributed by atoms with Crippen molar-refractivity contribution in [3.05, 3.63) is 23.8 Å². The maximum Gasteiger partial charge on any atom is 0.152 e. The highest BCUT2D eigenvalue weighted by atomic mass is 16.5. The van der Waals surface area contributed by atoms with Crippen molar-refractivity contribution in [2.75, 3.05) is 13.7 Å². The number of hydrogen-bond acceptors (Lipinski definition) is 2. The zero-order valence-corrected chi connectivity index (χ0v) is 7.96. The van der Waals surface area contributed by atoms with Gasteiger partial charge in [0.2, 0.25) is 0 Å². The van der Waals surface area contributed by atoms with Gasteiger partial charge in [-0.25, -0.2) is 0 Å². The molecular formula is C10H16O2. The minimum absolute atomic E-state index is 0.0782. The molecule has 0 radical (unpaired) electrons. The van der Waals surface area contributed by atoms with Crippen LogP contribution in [-0.4, -0.2) is 19.5 Å². The predicted molar refractivity (Wildman–Crippen MR) is 50.1 cm³/mol. The van der Waals surface area contributed by atoms with E-state index in [-0.39, 0.29) is 5.78 Å². The van der Waals surface area contributed by atoms with E-state index in [9.17, 15) is 4.79 Å². The van der Waals surface area contributed by atoms with Crippen LogP contribution in [0.3, 0.4) is 0 Å². The highest BCUT2D eigenvalue weighted by Gasteiger charge is 1.84. The molecule has 0 saturated heterocycles. The molecule has 12 heavy (non-hydrogen) atoms. The van der Waals surface area contributed by atoms with Crippen LogP contribution >= 0.6 is 0 Å². The highest BCUT2D eigenvalue weighted by Crippen LogP contribution is 1.97. The van der Waals surface area contributed by atoms with Gasteiger partial charge in [0, 0.05) is 13.7 Å². The maximum atomic E-state index is 10.5. The van der Waals surface area contributed by atoms with Crippen LogP contribution in [0.2, 0.25) is 0 Å². The average Bonchev–Trinajstić information content (AvgIpc) is 2.01. The summed E-state index contributed by atoms with van der Waals surface area (Å²) in [6.45, 7) is 4.24. The molecule has 0 heterocycles. The molecule has 0 aromatic heterocycles. The number of rotatable bonds is 5. The largest absolute Gasteiger partial charge is 0.384 e. The third-order valence-corrected chi connectivity index (χ3v) is 1.37. The summed E-state index contributed by atoms with van der Waals surface area (Å²) in [5.41, 5.74) is 1.10. The molecule has 0 aliphatic carbocycles. The smallest absolute Gasteiger partial charge is 0.152 e. The molecule has 0 bridgehead atoms. The van der Waals surface area contributed by atoms with Gasteiger partial charge in [0.15, 0.2) is 5.78 Å². The molecule has 2 nitrogen and oxygen atoms in total. The van der Waals surface area contributed by atoms with Gasteiger partial charge >= 0.3 is 0 Å². The molecule has 0 amide bonds. The van der Waals surface area contributed by atoms with E-state index in [1.165, 1.54) is 0 Å². The molecule has 0 rings (SSSR count). The lowest BCUT2D eigenvalue weighted by atomic mass is 10.2. The first kappa shape index (κ1) is 11.1. The number of allylic oxidation sites excluding steroid dienone is 3. The fourth-order valence-corrected chi connectivity index (χ4v) is 0.721. The summed E-state index contributed by atoms with van der Waals surface area (Å²) in [4.78, 5) is 10.5. The topological polar surface area (TPSA) is 26.3 Å². The van der Waals surface area contributed by atoms with Crippen LogP contribution in [0.4, 0.5) is 0 Å². The van der Waals surface area contributed by atoms with Crippen molar-refractivity contribution in [2.45, 2.75) is 20.3 Å². The first-order chi connectivity index (χ1) is 5.66. The second-order valence-corrected chi connectivity index (χ2v) is 2.67. The molecule has 0 saturated carbocycles. The third kappa shape index (κ3) is 7.22. The zero-order valence-electron chi connectivity index (χ0n) is 7.96. The Kier molecular flexibility index (Phi) is 6.29. The van der Waals surface area contributed by atoms with Crippen LogP contribution in [-0.2, 0) is 9.53 Å². The van der Waals surface area contributed by atoms with Crippen LogP contribution in [0.5, 0.6) is 0 Å². The van der Waals surface area contributed by atoms with Crippen LogP contribution in [0, 0.1) is 0 Å². The molecule has 0 aliphatic heterocycles. The molecule has 0 N–H and O–H groups in total. The SMILES string of the molecule is COCC/C=C(C)/C=C/C(C)=O. The van der Waals surface area contributed by atoms with E-state index >= 15 is 0 Å². The Bertz CT molecular complexity index is 190. The third-order valence-electron chi connectivity index (χ3n) is 1.37. The minimum atomic E-state index is 0.0782. The Morgan fingerprint density at radius 3 is 2.50 bits per heavy atom. The van der Waals surface area contributed by atoms with E-state index in [4.69, 9.17) is 4.74 Å². The van der Waals surface area contributed by atoms with E-state index in [1.54, 1.807) is 20.1 Å². The molecule has 0 fully saturated rings. The lowest BCUT2D eigenvalue weighted by Gasteiger charge is -1.93. The molecule has 0 aliphatic rings. The summed E-state index contributed by atoms with van der Waals surface area (Å²) in [7, 11) is 1.68. The van der Waals surface area contributed by atoms with Gasteiger partial charge in [-0.15, -0.1) is 0 Å². The monoisotopic (exact) mass is 168 g/mol. The number of hydrogen-bond donors (Lipinski definition) is 0. The van der Waals surface area contributed by atoms with Crippen LogP contribution in [0.1, 0.15) is 20.3 Å². The summed E-state index contributed by atoms with van der Waals surface area (Å²) in [5, 5.41) is 0.